The minimum absolute atomic E-state index is 0.0748. The van der Waals surface area contributed by atoms with E-state index in [2.05, 4.69) is 4.72 Å². The summed E-state index contributed by atoms with van der Waals surface area (Å²) in [6.45, 7) is 1.87. The number of sulfonamides is 1. The number of carbonyl (C=O) groups excluding carboxylic acids is 1. The number of esters is 1. The molecular weight excluding hydrogens is 404 g/mol. The molecule has 0 fully saturated rings. The predicted octanol–water partition coefficient (Wildman–Crippen LogP) is 2.48. The van der Waals surface area contributed by atoms with Crippen molar-refractivity contribution in [2.75, 3.05) is 11.3 Å². The molecule has 146 valence electrons. The lowest BCUT2D eigenvalue weighted by Gasteiger charge is -2.09. The number of ether oxygens (including phenoxy) is 1. The van der Waals surface area contributed by atoms with Crippen molar-refractivity contribution in [1.82, 2.24) is 0 Å². The Hall–Kier alpha value is -3.16. The number of rotatable bonds is 7. The molecule has 0 saturated heterocycles. The van der Waals surface area contributed by atoms with E-state index in [4.69, 9.17) is 10.00 Å². The Morgan fingerprint density at radius 2 is 1.61 bits per heavy atom. The Kier molecular flexibility index (Phi) is 6.56. The molecule has 0 radical (unpaired) electrons. The maximum atomic E-state index is 12.4. The minimum atomic E-state index is -3.94. The van der Waals surface area contributed by atoms with Crippen molar-refractivity contribution in [3.8, 4) is 6.07 Å². The first-order valence-corrected chi connectivity index (χ1v) is 10.9. The molecule has 0 unspecified atom stereocenters. The normalized spacial score (nSPS) is 11.7. The molecule has 0 bridgehead atoms. The Bertz CT molecular complexity index is 1130. The van der Waals surface area contributed by atoms with E-state index < -0.39 is 25.8 Å². The zero-order valence-electron chi connectivity index (χ0n) is 14.7. The molecule has 0 atom stereocenters. The maximum Gasteiger partial charge on any atom is 0.338 e. The van der Waals surface area contributed by atoms with Crippen LogP contribution in [-0.4, -0.2) is 29.4 Å². The number of allylic oxidation sites excluding steroid dienone is 1. The van der Waals surface area contributed by atoms with E-state index in [1.165, 1.54) is 48.5 Å². The lowest BCUT2D eigenvalue weighted by molar-refractivity contribution is 0.0526. The third kappa shape index (κ3) is 5.18. The monoisotopic (exact) mass is 420 g/mol. The highest BCUT2D eigenvalue weighted by atomic mass is 32.2. The van der Waals surface area contributed by atoms with Crippen LogP contribution in [0.3, 0.4) is 0 Å². The van der Waals surface area contributed by atoms with Crippen LogP contribution >= 0.6 is 0 Å². The number of nitrogens with one attached hydrogen (secondary N) is 1. The number of benzene rings is 2. The molecular formula is C18H16N2O6S2. The summed E-state index contributed by atoms with van der Waals surface area (Å²) in [5, 5.41) is 9.19. The number of hydrogen-bond donors (Lipinski definition) is 1. The Morgan fingerprint density at radius 3 is 2.14 bits per heavy atom. The van der Waals surface area contributed by atoms with Crippen molar-refractivity contribution in [3.63, 3.8) is 0 Å². The highest BCUT2D eigenvalue weighted by Crippen LogP contribution is 2.20. The van der Waals surface area contributed by atoms with Gasteiger partial charge < -0.3 is 4.74 Å². The van der Waals surface area contributed by atoms with Crippen LogP contribution in [-0.2, 0) is 24.6 Å². The minimum Gasteiger partial charge on any atom is -0.462 e. The fraction of sp³-hybridized carbons (Fsp3) is 0.111. The second-order valence-electron chi connectivity index (χ2n) is 5.35. The lowest BCUT2D eigenvalue weighted by atomic mass is 10.2. The van der Waals surface area contributed by atoms with Gasteiger partial charge in [-0.3, -0.25) is 4.72 Å². The van der Waals surface area contributed by atoms with Crippen LogP contribution in [0.5, 0.6) is 0 Å². The van der Waals surface area contributed by atoms with Crippen LogP contribution in [0.25, 0.3) is 0 Å². The molecule has 0 saturated carbocycles. The predicted molar refractivity (Wildman–Crippen MR) is 102 cm³/mol. The molecule has 0 aliphatic heterocycles. The molecule has 2 aromatic carbocycles. The van der Waals surface area contributed by atoms with Crippen molar-refractivity contribution in [2.24, 2.45) is 0 Å². The van der Waals surface area contributed by atoms with Gasteiger partial charge >= 0.3 is 5.97 Å². The number of sulfone groups is 1. The second kappa shape index (κ2) is 8.69. The molecule has 0 amide bonds. The van der Waals surface area contributed by atoms with Crippen LogP contribution < -0.4 is 4.72 Å². The first-order valence-electron chi connectivity index (χ1n) is 7.91. The number of hydrogen-bond acceptors (Lipinski definition) is 7. The highest BCUT2D eigenvalue weighted by molar-refractivity contribution is 7.94. The van der Waals surface area contributed by atoms with Gasteiger partial charge in [-0.25, -0.2) is 21.6 Å². The topological polar surface area (TPSA) is 130 Å². The first kappa shape index (κ1) is 21.1. The van der Waals surface area contributed by atoms with Crippen LogP contribution in [0.4, 0.5) is 5.69 Å². The van der Waals surface area contributed by atoms with E-state index in [0.717, 1.165) is 11.5 Å². The van der Waals surface area contributed by atoms with Gasteiger partial charge in [0.2, 0.25) is 9.84 Å². The zero-order chi connectivity index (χ0) is 20.8. The van der Waals surface area contributed by atoms with E-state index in [1.807, 2.05) is 0 Å². The number of anilines is 1. The second-order valence-corrected chi connectivity index (χ2v) is 8.87. The molecule has 2 rings (SSSR count). The van der Waals surface area contributed by atoms with Crippen LogP contribution in [0.2, 0.25) is 0 Å². The molecule has 8 nitrogen and oxygen atoms in total. The maximum absolute atomic E-state index is 12.4. The fourth-order valence-corrected chi connectivity index (χ4v) is 4.08. The third-order valence-corrected chi connectivity index (χ3v) is 6.25. The van der Waals surface area contributed by atoms with E-state index in [0.29, 0.717) is 0 Å². The van der Waals surface area contributed by atoms with Gasteiger partial charge in [0.1, 0.15) is 0 Å². The quantitative estimate of drug-likeness (QED) is 0.538. The summed E-state index contributed by atoms with van der Waals surface area (Å²) < 4.78 is 55.9. The van der Waals surface area contributed by atoms with E-state index in [-0.39, 0.29) is 27.6 Å². The van der Waals surface area contributed by atoms with Crippen LogP contribution in [0, 0.1) is 11.3 Å². The van der Waals surface area contributed by atoms with Crippen molar-refractivity contribution < 1.29 is 26.4 Å². The van der Waals surface area contributed by atoms with Gasteiger partial charge in [0, 0.05) is 17.2 Å². The molecule has 0 heterocycles. The van der Waals surface area contributed by atoms with Gasteiger partial charge in [-0.1, -0.05) is 0 Å². The van der Waals surface area contributed by atoms with Crippen molar-refractivity contribution in [2.45, 2.75) is 16.7 Å². The van der Waals surface area contributed by atoms with Gasteiger partial charge in [-0.2, -0.15) is 5.26 Å². The van der Waals surface area contributed by atoms with Crippen molar-refractivity contribution in [1.29, 1.82) is 5.26 Å². The van der Waals surface area contributed by atoms with Gasteiger partial charge in [-0.15, -0.1) is 0 Å². The Balaban J connectivity index is 2.19. The molecule has 2 aromatic rings. The van der Waals surface area contributed by atoms with Gasteiger partial charge in [0.05, 0.1) is 28.0 Å². The summed E-state index contributed by atoms with van der Waals surface area (Å²) in [7, 11) is -7.72. The zero-order valence-corrected chi connectivity index (χ0v) is 16.3. The standard InChI is InChI=1S/C18H16N2O6S2/c1-2-26-18(21)14-4-8-17(9-5-14)28(24,25)20-15-6-10-16(11-7-15)27(22,23)13-3-12-19/h3-11,13,20H,2H2,1H3/b13-3+. The molecule has 0 aliphatic rings. The van der Waals surface area contributed by atoms with Gasteiger partial charge in [0.15, 0.2) is 0 Å². The fourth-order valence-electron chi connectivity index (χ4n) is 2.11. The van der Waals surface area contributed by atoms with E-state index in [9.17, 15) is 21.6 Å². The van der Waals surface area contributed by atoms with E-state index in [1.54, 1.807) is 13.0 Å². The molecule has 10 heteroatoms. The first-order chi connectivity index (χ1) is 13.2. The third-order valence-electron chi connectivity index (χ3n) is 3.43. The largest absolute Gasteiger partial charge is 0.462 e. The smallest absolute Gasteiger partial charge is 0.338 e. The van der Waals surface area contributed by atoms with E-state index >= 15 is 0 Å². The Morgan fingerprint density at radius 1 is 1.04 bits per heavy atom. The summed E-state index contributed by atoms with van der Waals surface area (Å²) in [6, 6.07) is 11.8. The summed E-state index contributed by atoms with van der Waals surface area (Å²) in [5.41, 5.74) is 0.374. The molecule has 0 aliphatic carbocycles. The molecule has 1 N–H and O–H groups in total. The molecule has 0 spiro atoms. The average Bonchev–Trinajstić information content (AvgIpc) is 2.67. The van der Waals surface area contributed by atoms with Crippen molar-refractivity contribution >= 4 is 31.5 Å². The van der Waals surface area contributed by atoms with Crippen molar-refractivity contribution in [3.05, 3.63) is 65.6 Å². The van der Waals surface area contributed by atoms with Gasteiger partial charge in [-0.05, 0) is 55.5 Å². The lowest BCUT2D eigenvalue weighted by Crippen LogP contribution is -2.13. The Labute approximate surface area is 163 Å². The average molecular weight is 420 g/mol. The summed E-state index contributed by atoms with van der Waals surface area (Å²) in [4.78, 5) is 11.5. The number of nitrogens with zero attached hydrogens (tertiary/aromatic N) is 1. The summed E-state index contributed by atoms with van der Waals surface area (Å²) in [6.07, 6.45) is 0.839. The SMILES string of the molecule is CCOC(=O)c1ccc(S(=O)(=O)Nc2ccc(S(=O)(=O)/C=C/C#N)cc2)cc1. The van der Waals surface area contributed by atoms with Gasteiger partial charge in [0.25, 0.3) is 10.0 Å². The van der Waals surface area contributed by atoms with Crippen LogP contribution in [0.1, 0.15) is 17.3 Å². The number of carbonyl (C=O) groups is 1. The summed E-state index contributed by atoms with van der Waals surface area (Å²) >= 11 is 0. The molecule has 0 aromatic heterocycles. The van der Waals surface area contributed by atoms with Crippen LogP contribution in [0.15, 0.2) is 69.8 Å². The highest BCUT2D eigenvalue weighted by Gasteiger charge is 2.16. The summed E-state index contributed by atoms with van der Waals surface area (Å²) in [5.74, 6) is -0.554. The molecule has 28 heavy (non-hydrogen) atoms. The number of nitriles is 1.